The summed E-state index contributed by atoms with van der Waals surface area (Å²) < 4.78 is 0. The highest BCUT2D eigenvalue weighted by Crippen LogP contribution is 2.41. The molecule has 2 nitrogen and oxygen atoms in total. The molecule has 2 rings (SSSR count). The third-order valence-corrected chi connectivity index (χ3v) is 4.23. The fourth-order valence-corrected chi connectivity index (χ4v) is 3.18. The zero-order chi connectivity index (χ0) is 10.0. The van der Waals surface area contributed by atoms with Crippen LogP contribution in [-0.2, 0) is 0 Å². The van der Waals surface area contributed by atoms with Gasteiger partial charge in [-0.15, -0.1) is 0 Å². The normalized spacial score (nSPS) is 35.6. The second-order valence-corrected chi connectivity index (χ2v) is 5.55. The van der Waals surface area contributed by atoms with Crippen LogP contribution in [0.5, 0.6) is 0 Å². The van der Waals surface area contributed by atoms with E-state index in [0.717, 1.165) is 12.5 Å². The molecule has 0 radical (unpaired) electrons. The SMILES string of the molecule is CN1CCCC(CN)(CC2CCC2)C1. The minimum atomic E-state index is 0.470. The Kier molecular flexibility index (Phi) is 3.13. The molecule has 1 aliphatic carbocycles. The summed E-state index contributed by atoms with van der Waals surface area (Å²) in [5.74, 6) is 1.00. The first kappa shape index (κ1) is 10.4. The van der Waals surface area contributed by atoms with Gasteiger partial charge in [0, 0.05) is 6.54 Å². The van der Waals surface area contributed by atoms with Gasteiger partial charge in [0.2, 0.25) is 0 Å². The molecule has 1 atom stereocenters. The Labute approximate surface area is 87.8 Å². The fraction of sp³-hybridized carbons (Fsp3) is 1.00. The molecule has 0 bridgehead atoms. The monoisotopic (exact) mass is 196 g/mol. The van der Waals surface area contributed by atoms with Crippen molar-refractivity contribution >= 4 is 0 Å². The van der Waals surface area contributed by atoms with Crippen LogP contribution >= 0.6 is 0 Å². The zero-order valence-electron chi connectivity index (χ0n) is 9.47. The van der Waals surface area contributed by atoms with Crippen LogP contribution in [0.4, 0.5) is 0 Å². The average molecular weight is 196 g/mol. The van der Waals surface area contributed by atoms with Crippen LogP contribution < -0.4 is 5.73 Å². The van der Waals surface area contributed by atoms with Gasteiger partial charge in [0.25, 0.3) is 0 Å². The Morgan fingerprint density at radius 2 is 2.14 bits per heavy atom. The van der Waals surface area contributed by atoms with Gasteiger partial charge in [0.05, 0.1) is 0 Å². The van der Waals surface area contributed by atoms with E-state index >= 15 is 0 Å². The molecule has 2 fully saturated rings. The van der Waals surface area contributed by atoms with Crippen molar-refractivity contribution in [2.75, 3.05) is 26.7 Å². The van der Waals surface area contributed by atoms with Crippen molar-refractivity contribution in [3.05, 3.63) is 0 Å². The van der Waals surface area contributed by atoms with Gasteiger partial charge in [-0.25, -0.2) is 0 Å². The summed E-state index contributed by atoms with van der Waals surface area (Å²) in [5, 5.41) is 0. The van der Waals surface area contributed by atoms with Crippen molar-refractivity contribution in [1.82, 2.24) is 4.90 Å². The lowest BCUT2D eigenvalue weighted by molar-refractivity contribution is 0.0706. The molecule has 14 heavy (non-hydrogen) atoms. The molecule has 1 aliphatic heterocycles. The number of hydrogen-bond donors (Lipinski definition) is 1. The van der Waals surface area contributed by atoms with E-state index in [4.69, 9.17) is 5.73 Å². The molecule has 0 aromatic heterocycles. The summed E-state index contributed by atoms with van der Waals surface area (Å²) in [6.07, 6.45) is 8.50. The van der Waals surface area contributed by atoms with Crippen LogP contribution in [0.3, 0.4) is 0 Å². The lowest BCUT2D eigenvalue weighted by atomic mass is 9.68. The van der Waals surface area contributed by atoms with E-state index < -0.39 is 0 Å². The highest BCUT2D eigenvalue weighted by Gasteiger charge is 2.36. The highest BCUT2D eigenvalue weighted by molar-refractivity contribution is 4.90. The molecule has 1 heterocycles. The van der Waals surface area contributed by atoms with E-state index in [-0.39, 0.29) is 0 Å². The molecule has 1 saturated heterocycles. The predicted octanol–water partition coefficient (Wildman–Crippen LogP) is 1.85. The second kappa shape index (κ2) is 4.19. The molecular formula is C12H24N2. The van der Waals surface area contributed by atoms with Gasteiger partial charge in [0.1, 0.15) is 0 Å². The lowest BCUT2D eigenvalue weighted by Crippen LogP contribution is -2.47. The lowest BCUT2D eigenvalue weighted by Gasteiger charge is -2.44. The van der Waals surface area contributed by atoms with E-state index in [2.05, 4.69) is 11.9 Å². The molecule has 2 aliphatic rings. The Bertz CT molecular complexity index is 189. The molecule has 1 unspecified atom stereocenters. The molecule has 82 valence electrons. The van der Waals surface area contributed by atoms with Crippen LogP contribution in [0, 0.1) is 11.3 Å². The number of piperidine rings is 1. The summed E-state index contributed by atoms with van der Waals surface area (Å²) in [4.78, 5) is 2.47. The topological polar surface area (TPSA) is 29.3 Å². The van der Waals surface area contributed by atoms with Gasteiger partial charge < -0.3 is 10.6 Å². The molecule has 0 spiro atoms. The van der Waals surface area contributed by atoms with Crippen molar-refractivity contribution in [3.63, 3.8) is 0 Å². The number of likely N-dealkylation sites (tertiary alicyclic amines) is 1. The van der Waals surface area contributed by atoms with Gasteiger partial charge in [-0.1, -0.05) is 19.3 Å². The molecule has 0 aromatic carbocycles. The third-order valence-electron chi connectivity index (χ3n) is 4.23. The van der Waals surface area contributed by atoms with Crippen LogP contribution in [-0.4, -0.2) is 31.6 Å². The van der Waals surface area contributed by atoms with Crippen molar-refractivity contribution in [3.8, 4) is 0 Å². The molecule has 2 N–H and O–H groups in total. The second-order valence-electron chi connectivity index (χ2n) is 5.55. The van der Waals surface area contributed by atoms with Gasteiger partial charge in [-0.2, -0.15) is 0 Å². The predicted molar refractivity (Wildman–Crippen MR) is 60.2 cm³/mol. The van der Waals surface area contributed by atoms with Gasteiger partial charge in [0.15, 0.2) is 0 Å². The Balaban J connectivity index is 1.92. The van der Waals surface area contributed by atoms with Gasteiger partial charge in [-0.05, 0) is 50.7 Å². The van der Waals surface area contributed by atoms with Crippen molar-refractivity contribution in [1.29, 1.82) is 0 Å². The van der Waals surface area contributed by atoms with Crippen molar-refractivity contribution < 1.29 is 0 Å². The summed E-state index contributed by atoms with van der Waals surface area (Å²) in [6.45, 7) is 3.40. The Morgan fingerprint density at radius 3 is 2.64 bits per heavy atom. The first-order chi connectivity index (χ1) is 6.74. The minimum absolute atomic E-state index is 0.470. The van der Waals surface area contributed by atoms with Crippen molar-refractivity contribution in [2.24, 2.45) is 17.1 Å². The molecular weight excluding hydrogens is 172 g/mol. The maximum absolute atomic E-state index is 6.00. The van der Waals surface area contributed by atoms with E-state index in [0.29, 0.717) is 5.41 Å². The third kappa shape index (κ3) is 2.12. The Morgan fingerprint density at radius 1 is 1.36 bits per heavy atom. The number of nitrogens with zero attached hydrogens (tertiary/aromatic N) is 1. The highest BCUT2D eigenvalue weighted by atomic mass is 15.1. The van der Waals surface area contributed by atoms with Crippen molar-refractivity contribution in [2.45, 2.75) is 38.5 Å². The first-order valence-electron chi connectivity index (χ1n) is 6.13. The van der Waals surface area contributed by atoms with E-state index in [1.165, 1.54) is 51.6 Å². The largest absolute Gasteiger partial charge is 0.330 e. The number of nitrogens with two attached hydrogens (primary N) is 1. The molecule has 0 aromatic rings. The first-order valence-corrected chi connectivity index (χ1v) is 6.13. The van der Waals surface area contributed by atoms with Gasteiger partial charge in [-0.3, -0.25) is 0 Å². The van der Waals surface area contributed by atoms with Crippen LogP contribution in [0.15, 0.2) is 0 Å². The molecule has 0 amide bonds. The van der Waals surface area contributed by atoms with Crippen LogP contribution in [0.2, 0.25) is 0 Å². The van der Waals surface area contributed by atoms with Crippen LogP contribution in [0.1, 0.15) is 38.5 Å². The van der Waals surface area contributed by atoms with Crippen LogP contribution in [0.25, 0.3) is 0 Å². The quantitative estimate of drug-likeness (QED) is 0.746. The molecule has 2 heteroatoms. The number of hydrogen-bond acceptors (Lipinski definition) is 2. The minimum Gasteiger partial charge on any atom is -0.330 e. The molecule has 1 saturated carbocycles. The smallest absolute Gasteiger partial charge is 0.00471 e. The summed E-state index contributed by atoms with van der Waals surface area (Å²) in [7, 11) is 2.24. The summed E-state index contributed by atoms with van der Waals surface area (Å²) >= 11 is 0. The maximum atomic E-state index is 6.00. The van der Waals surface area contributed by atoms with E-state index in [9.17, 15) is 0 Å². The maximum Gasteiger partial charge on any atom is 0.00471 e. The summed E-state index contributed by atoms with van der Waals surface area (Å²) in [6, 6.07) is 0. The fourth-order valence-electron chi connectivity index (χ4n) is 3.18. The number of rotatable bonds is 3. The zero-order valence-corrected chi connectivity index (χ0v) is 9.47. The average Bonchev–Trinajstić information content (AvgIpc) is 2.12. The Hall–Kier alpha value is -0.0800. The standard InChI is InChI=1S/C12H24N2/c1-14-7-3-6-12(9-13,10-14)8-11-4-2-5-11/h11H,2-10,13H2,1H3. The van der Waals surface area contributed by atoms with E-state index in [1.54, 1.807) is 0 Å². The van der Waals surface area contributed by atoms with E-state index in [1.807, 2.05) is 0 Å². The summed E-state index contributed by atoms with van der Waals surface area (Å²) in [5.41, 5.74) is 6.47. The van der Waals surface area contributed by atoms with Gasteiger partial charge >= 0.3 is 0 Å².